The maximum atomic E-state index is 12.5. The minimum absolute atomic E-state index is 0.0696. The van der Waals surface area contributed by atoms with E-state index in [-0.39, 0.29) is 16.9 Å². The van der Waals surface area contributed by atoms with Gasteiger partial charge in [-0.05, 0) is 31.2 Å². The van der Waals surface area contributed by atoms with Crippen molar-refractivity contribution in [1.82, 2.24) is 9.97 Å². The first-order valence-corrected chi connectivity index (χ1v) is 7.24. The first-order chi connectivity index (χ1) is 11.8. The number of aromatic nitrogens is 2. The molecule has 1 aromatic heterocycles. The highest BCUT2D eigenvalue weighted by molar-refractivity contribution is 5.98. The minimum Gasteiger partial charge on any atom is -0.319 e. The predicted molar refractivity (Wildman–Crippen MR) is 87.2 cm³/mol. The minimum atomic E-state index is -5.04. The highest BCUT2D eigenvalue weighted by Crippen LogP contribution is 2.28. The number of aryl methyl sites for hydroxylation is 1. The third-order valence-electron chi connectivity index (χ3n) is 3.54. The molecule has 2 aromatic carbocycles. The van der Waals surface area contributed by atoms with Gasteiger partial charge in [0.25, 0.3) is 5.56 Å². The van der Waals surface area contributed by atoms with Gasteiger partial charge in [-0.2, -0.15) is 13.2 Å². The summed E-state index contributed by atoms with van der Waals surface area (Å²) in [4.78, 5) is 30.5. The van der Waals surface area contributed by atoms with Gasteiger partial charge in [-0.25, -0.2) is 4.98 Å². The number of rotatable bonds is 2. The molecule has 25 heavy (non-hydrogen) atoms. The highest BCUT2D eigenvalue weighted by atomic mass is 19.4. The Morgan fingerprint density at radius 2 is 1.88 bits per heavy atom. The van der Waals surface area contributed by atoms with E-state index in [0.29, 0.717) is 16.6 Å². The zero-order valence-corrected chi connectivity index (χ0v) is 12.9. The average molecular weight is 347 g/mol. The monoisotopic (exact) mass is 347 g/mol. The topological polar surface area (TPSA) is 74.8 Å². The second-order valence-corrected chi connectivity index (χ2v) is 5.43. The Hall–Kier alpha value is -3.16. The smallest absolute Gasteiger partial charge is 0.319 e. The molecular formula is C17H12F3N3O2. The van der Waals surface area contributed by atoms with E-state index < -0.39 is 17.6 Å². The molecule has 0 unspecified atom stereocenters. The van der Waals surface area contributed by atoms with Crippen molar-refractivity contribution in [2.24, 2.45) is 0 Å². The molecular weight excluding hydrogens is 335 g/mol. The summed E-state index contributed by atoms with van der Waals surface area (Å²) in [6.45, 7) is 1.72. The van der Waals surface area contributed by atoms with Crippen molar-refractivity contribution in [3.05, 3.63) is 58.4 Å². The van der Waals surface area contributed by atoms with Gasteiger partial charge >= 0.3 is 12.1 Å². The van der Waals surface area contributed by atoms with Crippen molar-refractivity contribution < 1.29 is 18.0 Å². The van der Waals surface area contributed by atoms with Crippen LogP contribution in [0, 0.1) is 6.92 Å². The Kier molecular flexibility index (Phi) is 4.03. The van der Waals surface area contributed by atoms with E-state index in [0.717, 1.165) is 0 Å². The van der Waals surface area contributed by atoms with Crippen LogP contribution in [-0.2, 0) is 4.79 Å². The lowest BCUT2D eigenvalue weighted by Gasteiger charge is -2.13. The van der Waals surface area contributed by atoms with E-state index in [2.05, 4.69) is 9.97 Å². The number of para-hydroxylation sites is 2. The van der Waals surface area contributed by atoms with Gasteiger partial charge in [-0.3, -0.25) is 9.59 Å². The number of nitrogens with one attached hydrogen (secondary N) is 2. The maximum absolute atomic E-state index is 12.5. The number of nitrogens with zero attached hydrogens (tertiary/aromatic N) is 1. The molecule has 1 amide bonds. The normalized spacial score (nSPS) is 11.5. The fourth-order valence-electron chi connectivity index (χ4n) is 2.37. The summed E-state index contributed by atoms with van der Waals surface area (Å²) in [5, 5.41) is 1.79. The van der Waals surface area contributed by atoms with Crippen LogP contribution in [0.15, 0.2) is 47.3 Å². The van der Waals surface area contributed by atoms with Gasteiger partial charge in [0, 0.05) is 5.56 Å². The zero-order chi connectivity index (χ0) is 18.2. The number of hydrogen-bond donors (Lipinski definition) is 2. The number of anilines is 1. The fourth-order valence-corrected chi connectivity index (χ4v) is 2.37. The van der Waals surface area contributed by atoms with Gasteiger partial charge in [-0.1, -0.05) is 23.8 Å². The molecule has 0 spiro atoms. The summed E-state index contributed by atoms with van der Waals surface area (Å²) in [6, 6.07) is 11.1. The number of carbonyl (C=O) groups is 1. The van der Waals surface area contributed by atoms with Crippen LogP contribution in [0.5, 0.6) is 0 Å². The molecule has 0 aliphatic carbocycles. The first kappa shape index (κ1) is 16.7. The largest absolute Gasteiger partial charge is 0.471 e. The van der Waals surface area contributed by atoms with Crippen LogP contribution in [0.3, 0.4) is 0 Å². The Morgan fingerprint density at radius 1 is 1.16 bits per heavy atom. The van der Waals surface area contributed by atoms with E-state index in [1.165, 1.54) is 18.2 Å². The number of benzene rings is 2. The lowest BCUT2D eigenvalue weighted by molar-refractivity contribution is -0.167. The van der Waals surface area contributed by atoms with Crippen LogP contribution < -0.4 is 10.9 Å². The lowest BCUT2D eigenvalue weighted by atomic mass is 10.1. The third-order valence-corrected chi connectivity index (χ3v) is 3.54. The number of aromatic amines is 1. The standard InChI is InChI=1S/C17H12F3N3O2/c1-9-6-7-11(23-16(25)17(18,19)20)10(8-9)14-15(24)22-13-5-3-2-4-12(13)21-14/h2-8H,1H3,(H,22,24)(H,23,25). The molecule has 3 aromatic rings. The molecule has 0 saturated carbocycles. The Labute approximate surface area is 139 Å². The van der Waals surface area contributed by atoms with Gasteiger partial charge in [-0.15, -0.1) is 0 Å². The van der Waals surface area contributed by atoms with Crippen molar-refractivity contribution in [3.8, 4) is 11.3 Å². The summed E-state index contributed by atoms with van der Waals surface area (Å²) in [6.07, 6.45) is -5.04. The second kappa shape index (κ2) is 6.04. The van der Waals surface area contributed by atoms with E-state index in [4.69, 9.17) is 0 Å². The van der Waals surface area contributed by atoms with Gasteiger partial charge in [0.1, 0.15) is 5.69 Å². The molecule has 0 bridgehead atoms. The maximum Gasteiger partial charge on any atom is 0.471 e. The lowest BCUT2D eigenvalue weighted by Crippen LogP contribution is -2.30. The van der Waals surface area contributed by atoms with Gasteiger partial charge in [0.05, 0.1) is 16.7 Å². The molecule has 8 heteroatoms. The van der Waals surface area contributed by atoms with Crippen molar-refractivity contribution in [3.63, 3.8) is 0 Å². The van der Waals surface area contributed by atoms with Crippen molar-refractivity contribution in [2.45, 2.75) is 13.1 Å². The summed E-state index contributed by atoms with van der Waals surface area (Å²) < 4.78 is 37.6. The van der Waals surface area contributed by atoms with Crippen LogP contribution in [0.2, 0.25) is 0 Å². The van der Waals surface area contributed by atoms with E-state index in [1.54, 1.807) is 36.5 Å². The summed E-state index contributed by atoms with van der Waals surface area (Å²) in [5.74, 6) is -2.12. The zero-order valence-electron chi connectivity index (χ0n) is 12.9. The summed E-state index contributed by atoms with van der Waals surface area (Å²) in [7, 11) is 0. The summed E-state index contributed by atoms with van der Waals surface area (Å²) in [5.41, 5.74) is 1.03. The number of hydrogen-bond acceptors (Lipinski definition) is 3. The quantitative estimate of drug-likeness (QED) is 0.746. The molecule has 0 radical (unpaired) electrons. The molecule has 1 heterocycles. The van der Waals surface area contributed by atoms with Gasteiger partial charge in [0.15, 0.2) is 0 Å². The fraction of sp³-hybridized carbons (Fsp3) is 0.118. The van der Waals surface area contributed by atoms with Crippen molar-refractivity contribution in [1.29, 1.82) is 0 Å². The van der Waals surface area contributed by atoms with E-state index >= 15 is 0 Å². The molecule has 128 valence electrons. The Balaban J connectivity index is 2.17. The number of fused-ring (bicyclic) bond motifs is 1. The van der Waals surface area contributed by atoms with Crippen molar-refractivity contribution in [2.75, 3.05) is 5.32 Å². The number of carbonyl (C=O) groups excluding carboxylic acids is 1. The van der Waals surface area contributed by atoms with Crippen molar-refractivity contribution >= 4 is 22.6 Å². The van der Waals surface area contributed by atoms with Gasteiger partial charge < -0.3 is 10.3 Å². The molecule has 0 saturated heterocycles. The number of H-pyrrole nitrogens is 1. The SMILES string of the molecule is Cc1ccc(NC(=O)C(F)(F)F)c(-c2nc3ccccc3[nH]c2=O)c1. The Bertz CT molecular complexity index is 1030. The van der Waals surface area contributed by atoms with Crippen LogP contribution in [-0.4, -0.2) is 22.1 Å². The van der Waals surface area contributed by atoms with Crippen LogP contribution in [0.25, 0.3) is 22.3 Å². The second-order valence-electron chi connectivity index (χ2n) is 5.43. The molecule has 0 atom stereocenters. The number of alkyl halides is 3. The van der Waals surface area contributed by atoms with Crippen LogP contribution >= 0.6 is 0 Å². The highest BCUT2D eigenvalue weighted by Gasteiger charge is 2.39. The number of amides is 1. The predicted octanol–water partition coefficient (Wildman–Crippen LogP) is 3.40. The molecule has 2 N–H and O–H groups in total. The first-order valence-electron chi connectivity index (χ1n) is 7.24. The van der Waals surface area contributed by atoms with E-state index in [9.17, 15) is 22.8 Å². The average Bonchev–Trinajstić information content (AvgIpc) is 2.55. The molecule has 3 rings (SSSR count). The Morgan fingerprint density at radius 3 is 2.60 bits per heavy atom. The third kappa shape index (κ3) is 3.37. The molecule has 0 fully saturated rings. The summed E-state index contributed by atoms with van der Waals surface area (Å²) >= 11 is 0. The van der Waals surface area contributed by atoms with Crippen LogP contribution in [0.1, 0.15) is 5.56 Å². The van der Waals surface area contributed by atoms with Gasteiger partial charge in [0.2, 0.25) is 0 Å². The molecule has 0 aliphatic heterocycles. The molecule has 0 aliphatic rings. The van der Waals surface area contributed by atoms with Crippen LogP contribution in [0.4, 0.5) is 18.9 Å². The van der Waals surface area contributed by atoms with E-state index in [1.807, 2.05) is 0 Å². The molecule has 5 nitrogen and oxygen atoms in total. The number of halogens is 3.